The summed E-state index contributed by atoms with van der Waals surface area (Å²) in [6.45, 7) is 1.09. The van der Waals surface area contributed by atoms with E-state index in [2.05, 4.69) is 0 Å². The topological polar surface area (TPSA) is 93.1 Å². The minimum Gasteiger partial charge on any atom is -0.481 e. The molecule has 1 aliphatic rings. The Labute approximate surface area is 127 Å². The van der Waals surface area contributed by atoms with Crippen molar-refractivity contribution in [3.63, 3.8) is 0 Å². The molecule has 1 aromatic carbocycles. The summed E-state index contributed by atoms with van der Waals surface area (Å²) < 4.78 is 10.3. The number of carbonyl (C=O) groups excluding carboxylic acids is 2. The number of ether oxygens (including phenoxy) is 2. The molecule has 0 bridgehead atoms. The highest BCUT2D eigenvalue weighted by molar-refractivity contribution is 6.21. The third kappa shape index (κ3) is 3.90. The summed E-state index contributed by atoms with van der Waals surface area (Å²) in [7, 11) is 0. The lowest BCUT2D eigenvalue weighted by Crippen LogP contribution is -2.33. The molecule has 0 atom stereocenters. The van der Waals surface area contributed by atoms with Crippen molar-refractivity contribution in [1.29, 1.82) is 0 Å². The number of carboxylic acids is 1. The first-order chi connectivity index (χ1) is 10.6. The molecule has 7 nitrogen and oxygen atoms in total. The van der Waals surface area contributed by atoms with Gasteiger partial charge in [-0.1, -0.05) is 12.1 Å². The molecule has 1 aliphatic heterocycles. The third-order valence-corrected chi connectivity index (χ3v) is 3.17. The number of benzene rings is 1. The van der Waals surface area contributed by atoms with Gasteiger partial charge in [0, 0.05) is 0 Å². The summed E-state index contributed by atoms with van der Waals surface area (Å²) in [5.41, 5.74) is 0.842. The second kappa shape index (κ2) is 7.67. The Bertz CT molecular complexity index is 536. The number of amides is 2. The van der Waals surface area contributed by atoms with Crippen LogP contribution in [0, 0.1) is 0 Å². The van der Waals surface area contributed by atoms with Crippen molar-refractivity contribution in [3.8, 4) is 0 Å². The average Bonchev–Trinajstić information content (AvgIpc) is 2.74. The molecule has 118 valence electrons. The van der Waals surface area contributed by atoms with Crippen LogP contribution in [0.25, 0.3) is 0 Å². The standard InChI is InChI=1S/C15H17NO6/c17-13(18)5-7-21-9-10-22-8-6-16-14(19)11-3-1-2-4-12(11)15(16)20/h1-4H,5-10H2,(H,17,18). The fourth-order valence-corrected chi connectivity index (χ4v) is 2.08. The van der Waals surface area contributed by atoms with Gasteiger partial charge >= 0.3 is 5.97 Å². The molecule has 1 heterocycles. The Morgan fingerprint density at radius 2 is 1.50 bits per heavy atom. The van der Waals surface area contributed by atoms with E-state index >= 15 is 0 Å². The maximum Gasteiger partial charge on any atom is 0.305 e. The minimum absolute atomic E-state index is 0.0466. The number of carbonyl (C=O) groups is 3. The second-order valence-corrected chi connectivity index (χ2v) is 4.68. The van der Waals surface area contributed by atoms with E-state index in [-0.39, 0.29) is 51.2 Å². The minimum atomic E-state index is -0.911. The van der Waals surface area contributed by atoms with E-state index in [1.165, 1.54) is 0 Å². The number of fused-ring (bicyclic) bond motifs is 1. The van der Waals surface area contributed by atoms with Crippen LogP contribution >= 0.6 is 0 Å². The first-order valence-corrected chi connectivity index (χ1v) is 6.94. The van der Waals surface area contributed by atoms with Gasteiger partial charge in [0.2, 0.25) is 0 Å². The van der Waals surface area contributed by atoms with Crippen molar-refractivity contribution in [3.05, 3.63) is 35.4 Å². The van der Waals surface area contributed by atoms with Crippen LogP contribution in [0.1, 0.15) is 27.1 Å². The zero-order valence-corrected chi connectivity index (χ0v) is 12.0. The number of hydrogen-bond acceptors (Lipinski definition) is 5. The van der Waals surface area contributed by atoms with Gasteiger partial charge in [-0.05, 0) is 12.1 Å². The first kappa shape index (κ1) is 16.1. The van der Waals surface area contributed by atoms with Gasteiger partial charge < -0.3 is 14.6 Å². The Morgan fingerprint density at radius 1 is 0.955 bits per heavy atom. The molecule has 0 spiro atoms. The van der Waals surface area contributed by atoms with Crippen LogP contribution in [0.4, 0.5) is 0 Å². The number of aliphatic carboxylic acids is 1. The highest BCUT2D eigenvalue weighted by Crippen LogP contribution is 2.21. The molecule has 0 fully saturated rings. The van der Waals surface area contributed by atoms with Gasteiger partial charge in [0.05, 0.1) is 50.5 Å². The average molecular weight is 307 g/mol. The summed E-state index contributed by atoms with van der Waals surface area (Å²) in [6.07, 6.45) is -0.0466. The molecular weight excluding hydrogens is 290 g/mol. The zero-order chi connectivity index (χ0) is 15.9. The van der Waals surface area contributed by atoms with Crippen LogP contribution in [-0.2, 0) is 14.3 Å². The Hall–Kier alpha value is -2.25. The summed E-state index contributed by atoms with van der Waals surface area (Å²) in [4.78, 5) is 35.5. The van der Waals surface area contributed by atoms with Crippen LogP contribution in [0.3, 0.4) is 0 Å². The first-order valence-electron chi connectivity index (χ1n) is 6.94. The van der Waals surface area contributed by atoms with Crippen molar-refractivity contribution >= 4 is 17.8 Å². The quantitative estimate of drug-likeness (QED) is 0.535. The highest BCUT2D eigenvalue weighted by Gasteiger charge is 2.34. The van der Waals surface area contributed by atoms with Gasteiger partial charge in [0.15, 0.2) is 0 Å². The van der Waals surface area contributed by atoms with Crippen LogP contribution in [-0.4, -0.2) is 60.8 Å². The van der Waals surface area contributed by atoms with E-state index in [1.807, 2.05) is 0 Å². The fourth-order valence-electron chi connectivity index (χ4n) is 2.08. The number of rotatable bonds is 9. The third-order valence-electron chi connectivity index (χ3n) is 3.17. The summed E-state index contributed by atoms with van der Waals surface area (Å²) in [5, 5.41) is 8.42. The number of carboxylic acid groups (broad SMARTS) is 1. The summed E-state index contributed by atoms with van der Waals surface area (Å²) >= 11 is 0. The lowest BCUT2D eigenvalue weighted by Gasteiger charge is -2.13. The van der Waals surface area contributed by atoms with E-state index in [0.717, 1.165) is 4.90 Å². The number of imide groups is 1. The molecule has 2 amide bonds. The van der Waals surface area contributed by atoms with Crippen molar-refractivity contribution in [2.45, 2.75) is 6.42 Å². The van der Waals surface area contributed by atoms with E-state index in [4.69, 9.17) is 14.6 Å². The molecule has 0 aromatic heterocycles. The lowest BCUT2D eigenvalue weighted by atomic mass is 10.1. The summed E-state index contributed by atoms with van der Waals surface area (Å²) in [5.74, 6) is -1.52. The van der Waals surface area contributed by atoms with Gasteiger partial charge in [-0.25, -0.2) is 0 Å². The van der Waals surface area contributed by atoms with E-state index in [1.54, 1.807) is 24.3 Å². The monoisotopic (exact) mass is 307 g/mol. The molecule has 1 aromatic rings. The molecule has 0 aliphatic carbocycles. The van der Waals surface area contributed by atoms with Crippen molar-refractivity contribution < 1.29 is 29.0 Å². The molecule has 0 unspecified atom stereocenters. The van der Waals surface area contributed by atoms with Crippen molar-refractivity contribution in [2.75, 3.05) is 33.0 Å². The SMILES string of the molecule is O=C(O)CCOCCOCCN1C(=O)c2ccccc2C1=O. The predicted octanol–water partition coefficient (Wildman–Crippen LogP) is 0.790. The maximum atomic E-state index is 12.0. The molecule has 0 saturated carbocycles. The van der Waals surface area contributed by atoms with Gasteiger partial charge in [0.25, 0.3) is 11.8 Å². The summed E-state index contributed by atoms with van der Waals surface area (Å²) in [6, 6.07) is 6.70. The zero-order valence-electron chi connectivity index (χ0n) is 12.0. The number of nitrogens with zero attached hydrogens (tertiary/aromatic N) is 1. The highest BCUT2D eigenvalue weighted by atomic mass is 16.5. The number of hydrogen-bond donors (Lipinski definition) is 1. The van der Waals surface area contributed by atoms with Gasteiger partial charge in [0.1, 0.15) is 0 Å². The van der Waals surface area contributed by atoms with Crippen molar-refractivity contribution in [1.82, 2.24) is 4.90 Å². The van der Waals surface area contributed by atoms with Gasteiger partial charge in [-0.15, -0.1) is 0 Å². The van der Waals surface area contributed by atoms with Crippen LogP contribution in [0.5, 0.6) is 0 Å². The van der Waals surface area contributed by atoms with Crippen LogP contribution < -0.4 is 0 Å². The largest absolute Gasteiger partial charge is 0.481 e. The normalized spacial score (nSPS) is 13.5. The predicted molar refractivity (Wildman–Crippen MR) is 75.7 cm³/mol. The van der Waals surface area contributed by atoms with Crippen LogP contribution in [0.2, 0.25) is 0 Å². The fraction of sp³-hybridized carbons (Fsp3) is 0.400. The molecule has 22 heavy (non-hydrogen) atoms. The Kier molecular flexibility index (Phi) is 5.62. The molecule has 2 rings (SSSR count). The molecule has 0 radical (unpaired) electrons. The van der Waals surface area contributed by atoms with Gasteiger partial charge in [-0.2, -0.15) is 0 Å². The maximum absolute atomic E-state index is 12.0. The molecular formula is C15H17NO6. The molecule has 0 saturated heterocycles. The molecule has 1 N–H and O–H groups in total. The van der Waals surface area contributed by atoms with Crippen molar-refractivity contribution in [2.24, 2.45) is 0 Å². The Balaban J connectivity index is 1.65. The molecule has 7 heteroatoms. The Morgan fingerprint density at radius 3 is 2.05 bits per heavy atom. The van der Waals surface area contributed by atoms with E-state index in [0.29, 0.717) is 11.1 Å². The van der Waals surface area contributed by atoms with E-state index in [9.17, 15) is 14.4 Å². The smallest absolute Gasteiger partial charge is 0.305 e. The lowest BCUT2D eigenvalue weighted by molar-refractivity contribution is -0.138. The van der Waals surface area contributed by atoms with Crippen LogP contribution in [0.15, 0.2) is 24.3 Å². The van der Waals surface area contributed by atoms with Gasteiger partial charge in [-0.3, -0.25) is 19.3 Å². The van der Waals surface area contributed by atoms with E-state index < -0.39 is 5.97 Å². The second-order valence-electron chi connectivity index (χ2n) is 4.68.